The van der Waals surface area contributed by atoms with E-state index in [0.29, 0.717) is 31.7 Å². The molecule has 3 aliphatic rings. The zero-order chi connectivity index (χ0) is 15.3. The number of benzene rings is 1. The zero-order valence-electron chi connectivity index (χ0n) is 12.2. The summed E-state index contributed by atoms with van der Waals surface area (Å²) in [5.74, 6) is -0.498. The Morgan fingerprint density at radius 1 is 1.32 bits per heavy atom. The standard InChI is InChI=1S/C15H16N4O3/c1-16-14(21)15(2-4-22-5-3-15)17-13(20)12-10-7-8-6-9(8)11(10)18-19-12/h6-7H,2-5H2,1H3,(H,16,21)(H,17,20)(H,18,19). The first kappa shape index (κ1) is 13.3. The number of carbonyl (C=O) groups excluding carboxylic acids is 2. The predicted molar refractivity (Wildman–Crippen MR) is 79.4 cm³/mol. The summed E-state index contributed by atoms with van der Waals surface area (Å²) in [6.45, 7) is 0.900. The van der Waals surface area contributed by atoms with Gasteiger partial charge in [-0.2, -0.15) is 5.10 Å². The molecule has 1 saturated heterocycles. The lowest BCUT2D eigenvalue weighted by Crippen LogP contribution is -2.60. The van der Waals surface area contributed by atoms with Crippen LogP contribution in [0.5, 0.6) is 0 Å². The van der Waals surface area contributed by atoms with Crippen molar-refractivity contribution in [1.29, 1.82) is 0 Å². The van der Waals surface area contributed by atoms with Gasteiger partial charge in [0.1, 0.15) is 16.7 Å². The van der Waals surface area contributed by atoms with E-state index < -0.39 is 5.54 Å². The number of H-pyrrole nitrogens is 1. The van der Waals surface area contributed by atoms with Crippen molar-refractivity contribution in [3.63, 3.8) is 0 Å². The van der Waals surface area contributed by atoms with Crippen LogP contribution in [0, 0.1) is 0 Å². The summed E-state index contributed by atoms with van der Waals surface area (Å²) in [6.07, 6.45) is 0.919. The molecule has 0 saturated carbocycles. The number of nitrogens with zero attached hydrogens (tertiary/aromatic N) is 1. The van der Waals surface area contributed by atoms with Crippen LogP contribution in [-0.4, -0.2) is 47.8 Å². The smallest absolute Gasteiger partial charge is 0.270 e. The minimum atomic E-state index is -0.921. The molecule has 3 N–H and O–H groups in total. The van der Waals surface area contributed by atoms with Crippen molar-refractivity contribution >= 4 is 22.7 Å². The van der Waals surface area contributed by atoms with Gasteiger partial charge < -0.3 is 15.4 Å². The number of hydrogen-bond donors (Lipinski definition) is 3. The van der Waals surface area contributed by atoms with Crippen molar-refractivity contribution in [2.45, 2.75) is 18.4 Å². The van der Waals surface area contributed by atoms with E-state index >= 15 is 0 Å². The highest BCUT2D eigenvalue weighted by molar-refractivity contribution is 6.15. The van der Waals surface area contributed by atoms with Crippen molar-refractivity contribution in [2.75, 3.05) is 20.3 Å². The first-order valence-corrected chi connectivity index (χ1v) is 7.29. The molecule has 0 spiro atoms. The summed E-state index contributed by atoms with van der Waals surface area (Å²) in [5, 5.41) is 13.3. The first-order valence-electron chi connectivity index (χ1n) is 7.29. The minimum absolute atomic E-state index is 0.191. The van der Waals surface area contributed by atoms with Crippen molar-refractivity contribution in [2.24, 2.45) is 0 Å². The largest absolute Gasteiger partial charge is 0.381 e. The number of nitrogens with one attached hydrogen (secondary N) is 3. The number of hydrogen-bond acceptors (Lipinski definition) is 4. The Hall–Kier alpha value is -2.41. The zero-order valence-corrected chi connectivity index (χ0v) is 12.2. The number of aromatic nitrogens is 2. The lowest BCUT2D eigenvalue weighted by atomic mass is 9.88. The fraction of sp³-hybridized carbons (Fsp3) is 0.400. The fourth-order valence-corrected chi connectivity index (χ4v) is 3.12. The van der Waals surface area contributed by atoms with Gasteiger partial charge in [0.2, 0.25) is 5.91 Å². The second-order valence-electron chi connectivity index (χ2n) is 5.75. The van der Waals surface area contributed by atoms with E-state index in [2.05, 4.69) is 20.8 Å². The van der Waals surface area contributed by atoms with E-state index in [1.165, 1.54) is 0 Å². The number of aromatic amines is 1. The molecule has 2 aliphatic carbocycles. The van der Waals surface area contributed by atoms with E-state index in [4.69, 9.17) is 4.74 Å². The highest BCUT2D eigenvalue weighted by Crippen LogP contribution is 2.43. The molecule has 0 radical (unpaired) electrons. The summed E-state index contributed by atoms with van der Waals surface area (Å²) >= 11 is 0. The van der Waals surface area contributed by atoms with E-state index in [1.807, 2.05) is 12.1 Å². The Kier molecular flexibility index (Phi) is 2.74. The Morgan fingerprint density at radius 3 is 2.82 bits per heavy atom. The summed E-state index contributed by atoms with van der Waals surface area (Å²) in [6, 6.07) is 3.97. The third kappa shape index (κ3) is 1.82. The van der Waals surface area contributed by atoms with E-state index in [-0.39, 0.29) is 11.8 Å². The molecule has 1 fully saturated rings. The van der Waals surface area contributed by atoms with Crippen LogP contribution in [0.2, 0.25) is 0 Å². The average Bonchev–Trinajstić information content (AvgIpc) is 3.02. The van der Waals surface area contributed by atoms with Gasteiger partial charge in [-0.3, -0.25) is 14.7 Å². The molecule has 7 heteroatoms. The molecule has 22 heavy (non-hydrogen) atoms. The molecule has 0 atom stereocenters. The number of likely N-dealkylation sites (N-methyl/N-ethyl adjacent to an activating group) is 1. The Labute approximate surface area is 126 Å². The lowest BCUT2D eigenvalue weighted by Gasteiger charge is -2.35. The third-order valence-electron chi connectivity index (χ3n) is 4.47. The van der Waals surface area contributed by atoms with E-state index in [9.17, 15) is 9.59 Å². The van der Waals surface area contributed by atoms with Crippen molar-refractivity contribution in [1.82, 2.24) is 20.8 Å². The van der Waals surface area contributed by atoms with Gasteiger partial charge in [-0.05, 0) is 17.7 Å². The lowest BCUT2D eigenvalue weighted by molar-refractivity contribution is -0.130. The molecule has 1 aliphatic heterocycles. The van der Waals surface area contributed by atoms with Crippen LogP contribution >= 0.6 is 0 Å². The maximum absolute atomic E-state index is 12.6. The normalized spacial score (nSPS) is 18.0. The maximum Gasteiger partial charge on any atom is 0.270 e. The molecule has 0 bridgehead atoms. The van der Waals surface area contributed by atoms with Gasteiger partial charge in [-0.25, -0.2) is 0 Å². The second-order valence-corrected chi connectivity index (χ2v) is 5.75. The van der Waals surface area contributed by atoms with Gasteiger partial charge in [-0.15, -0.1) is 0 Å². The maximum atomic E-state index is 12.6. The minimum Gasteiger partial charge on any atom is -0.381 e. The molecule has 0 aromatic carbocycles. The molecule has 1 aromatic rings. The predicted octanol–water partition coefficient (Wildman–Crippen LogP) is 0.568. The summed E-state index contributed by atoms with van der Waals surface area (Å²) in [7, 11) is 1.57. The van der Waals surface area contributed by atoms with Crippen molar-refractivity contribution in [3.05, 3.63) is 17.8 Å². The van der Waals surface area contributed by atoms with Crippen LogP contribution in [0.1, 0.15) is 23.3 Å². The van der Waals surface area contributed by atoms with Gasteiger partial charge in [-0.1, -0.05) is 0 Å². The third-order valence-corrected chi connectivity index (χ3v) is 4.47. The van der Waals surface area contributed by atoms with Gasteiger partial charge in [0, 0.05) is 44.1 Å². The number of fused-ring (bicyclic) bond motifs is 3. The molecular weight excluding hydrogens is 284 g/mol. The summed E-state index contributed by atoms with van der Waals surface area (Å²) < 4.78 is 5.32. The molecular formula is C15H16N4O3. The number of ether oxygens (including phenoxy) is 1. The number of amides is 2. The van der Waals surface area contributed by atoms with Crippen LogP contribution in [-0.2, 0) is 9.53 Å². The van der Waals surface area contributed by atoms with Crippen molar-refractivity contribution in [3.8, 4) is 11.1 Å². The number of carbonyl (C=O) groups is 2. The highest BCUT2D eigenvalue weighted by atomic mass is 16.5. The molecule has 2 amide bonds. The molecule has 1 aromatic heterocycles. The van der Waals surface area contributed by atoms with Crippen LogP contribution < -0.4 is 10.6 Å². The SMILES string of the molecule is CNC(=O)C1(NC(=O)c2[nH]nc3c4cc-4cc23)CCOCC1. The molecule has 114 valence electrons. The van der Waals surface area contributed by atoms with Crippen LogP contribution in [0.25, 0.3) is 22.0 Å². The second kappa shape index (κ2) is 4.54. The van der Waals surface area contributed by atoms with E-state index in [1.54, 1.807) is 7.05 Å². The van der Waals surface area contributed by atoms with Gasteiger partial charge in [0.05, 0.1) is 0 Å². The van der Waals surface area contributed by atoms with Gasteiger partial charge >= 0.3 is 0 Å². The highest BCUT2D eigenvalue weighted by Gasteiger charge is 2.41. The quantitative estimate of drug-likeness (QED) is 0.659. The van der Waals surface area contributed by atoms with Crippen LogP contribution in [0.15, 0.2) is 12.1 Å². The number of rotatable bonds is 3. The molecule has 0 unspecified atom stereocenters. The monoisotopic (exact) mass is 300 g/mol. The Balaban J connectivity index is 1.64. The molecule has 7 nitrogen and oxygen atoms in total. The Bertz CT molecular complexity index is 789. The van der Waals surface area contributed by atoms with Gasteiger partial charge in [0.25, 0.3) is 5.91 Å². The van der Waals surface area contributed by atoms with Gasteiger partial charge in [0.15, 0.2) is 0 Å². The molecule has 4 rings (SSSR count). The fourth-order valence-electron chi connectivity index (χ4n) is 3.12. The van der Waals surface area contributed by atoms with E-state index in [0.717, 1.165) is 22.0 Å². The summed E-state index contributed by atoms with van der Waals surface area (Å²) in [5.41, 5.74) is 2.53. The van der Waals surface area contributed by atoms with Crippen molar-refractivity contribution < 1.29 is 14.3 Å². The topological polar surface area (TPSA) is 96.1 Å². The van der Waals surface area contributed by atoms with Crippen LogP contribution in [0.3, 0.4) is 0 Å². The summed E-state index contributed by atoms with van der Waals surface area (Å²) in [4.78, 5) is 24.9. The van der Waals surface area contributed by atoms with Crippen LogP contribution in [0.4, 0.5) is 0 Å². The Morgan fingerprint density at radius 2 is 2.09 bits per heavy atom. The molecule has 2 heterocycles. The average molecular weight is 300 g/mol. The first-order chi connectivity index (χ1) is 10.6.